The predicted molar refractivity (Wildman–Crippen MR) is 60.4 cm³/mol. The van der Waals surface area contributed by atoms with E-state index in [1.807, 2.05) is 22.7 Å². The lowest BCUT2D eigenvalue weighted by atomic mass is 9.93. The van der Waals surface area contributed by atoms with Gasteiger partial charge in [-0.1, -0.05) is 20.8 Å². The van der Waals surface area contributed by atoms with Crippen molar-refractivity contribution in [1.29, 1.82) is 0 Å². The zero-order valence-electron chi connectivity index (χ0n) is 9.61. The van der Waals surface area contributed by atoms with Crippen LogP contribution < -0.4 is 4.74 Å². The molecule has 3 nitrogen and oxygen atoms in total. The maximum absolute atomic E-state index is 5.17. The molecule has 0 fully saturated rings. The Kier molecular flexibility index (Phi) is 2.18. The van der Waals surface area contributed by atoms with E-state index in [4.69, 9.17) is 4.74 Å². The first-order valence-corrected chi connectivity index (χ1v) is 5.04. The third kappa shape index (κ3) is 1.82. The van der Waals surface area contributed by atoms with Crippen molar-refractivity contribution in [3.05, 3.63) is 30.2 Å². The van der Waals surface area contributed by atoms with Crippen molar-refractivity contribution in [3.63, 3.8) is 0 Å². The Morgan fingerprint density at radius 3 is 2.53 bits per heavy atom. The molecule has 0 saturated heterocycles. The quantitative estimate of drug-likeness (QED) is 0.714. The second-order valence-corrected chi connectivity index (χ2v) is 4.71. The number of hydrogen-bond acceptors (Lipinski definition) is 2. The van der Waals surface area contributed by atoms with Gasteiger partial charge in [-0.15, -0.1) is 0 Å². The highest BCUT2D eigenvalue weighted by Gasteiger charge is 2.17. The third-order valence-electron chi connectivity index (χ3n) is 2.43. The van der Waals surface area contributed by atoms with E-state index in [1.165, 1.54) is 0 Å². The van der Waals surface area contributed by atoms with Gasteiger partial charge in [0.25, 0.3) is 0 Å². The van der Waals surface area contributed by atoms with Crippen molar-refractivity contribution >= 4 is 5.65 Å². The second-order valence-electron chi connectivity index (χ2n) is 4.71. The van der Waals surface area contributed by atoms with Crippen molar-refractivity contribution in [2.75, 3.05) is 7.11 Å². The average molecular weight is 204 g/mol. The van der Waals surface area contributed by atoms with Gasteiger partial charge in [-0.2, -0.15) is 0 Å². The number of rotatable bonds is 1. The summed E-state index contributed by atoms with van der Waals surface area (Å²) >= 11 is 0. The largest absolute Gasteiger partial charge is 0.495 e. The van der Waals surface area contributed by atoms with Crippen molar-refractivity contribution in [2.24, 2.45) is 0 Å². The number of imidazole rings is 1. The molecule has 80 valence electrons. The molecule has 0 bridgehead atoms. The molecule has 0 spiro atoms. The Hall–Kier alpha value is -1.51. The molecule has 3 heteroatoms. The van der Waals surface area contributed by atoms with Crippen LogP contribution in [-0.2, 0) is 5.41 Å². The molecule has 2 aromatic heterocycles. The van der Waals surface area contributed by atoms with Crippen molar-refractivity contribution in [2.45, 2.75) is 26.2 Å². The van der Waals surface area contributed by atoms with E-state index in [2.05, 4.69) is 32.0 Å². The molecule has 0 amide bonds. The van der Waals surface area contributed by atoms with Gasteiger partial charge < -0.3 is 9.14 Å². The second kappa shape index (κ2) is 3.26. The fourth-order valence-corrected chi connectivity index (χ4v) is 1.45. The Labute approximate surface area is 89.7 Å². The van der Waals surface area contributed by atoms with Gasteiger partial charge in [0.1, 0.15) is 11.4 Å². The monoisotopic (exact) mass is 204 g/mol. The summed E-state index contributed by atoms with van der Waals surface area (Å²) in [5.74, 6) is 0.848. The minimum Gasteiger partial charge on any atom is -0.495 e. The summed E-state index contributed by atoms with van der Waals surface area (Å²) in [4.78, 5) is 4.57. The minimum atomic E-state index is 0.0826. The maximum Gasteiger partial charge on any atom is 0.137 e. The van der Waals surface area contributed by atoms with E-state index in [1.54, 1.807) is 7.11 Å². The molecule has 0 N–H and O–H groups in total. The van der Waals surface area contributed by atoms with Gasteiger partial charge in [0.05, 0.1) is 19.0 Å². The topological polar surface area (TPSA) is 26.5 Å². The number of methoxy groups -OCH3 is 1. The molecule has 0 aliphatic heterocycles. The van der Waals surface area contributed by atoms with Crippen LogP contribution in [0, 0.1) is 0 Å². The van der Waals surface area contributed by atoms with E-state index in [-0.39, 0.29) is 5.41 Å². The highest BCUT2D eigenvalue weighted by molar-refractivity contribution is 5.44. The normalized spacial score (nSPS) is 12.0. The predicted octanol–water partition coefficient (Wildman–Crippen LogP) is 2.64. The van der Waals surface area contributed by atoms with Crippen LogP contribution in [0.5, 0.6) is 5.75 Å². The molecule has 15 heavy (non-hydrogen) atoms. The summed E-state index contributed by atoms with van der Waals surface area (Å²) in [6.45, 7) is 6.48. The van der Waals surface area contributed by atoms with E-state index < -0.39 is 0 Å². The molecule has 2 heterocycles. The molecular formula is C12H16N2O. The first-order valence-electron chi connectivity index (χ1n) is 5.04. The Morgan fingerprint density at radius 1 is 1.20 bits per heavy atom. The van der Waals surface area contributed by atoms with Crippen LogP contribution in [0.3, 0.4) is 0 Å². The van der Waals surface area contributed by atoms with Gasteiger partial charge in [-0.3, -0.25) is 0 Å². The van der Waals surface area contributed by atoms with E-state index in [0.717, 1.165) is 17.1 Å². The molecule has 0 aromatic carbocycles. The lowest BCUT2D eigenvalue weighted by molar-refractivity contribution is 0.412. The van der Waals surface area contributed by atoms with Gasteiger partial charge in [0.2, 0.25) is 0 Å². The van der Waals surface area contributed by atoms with Crippen molar-refractivity contribution < 1.29 is 4.74 Å². The van der Waals surface area contributed by atoms with Crippen LogP contribution in [0.15, 0.2) is 24.5 Å². The fourth-order valence-electron chi connectivity index (χ4n) is 1.45. The lowest BCUT2D eigenvalue weighted by Crippen LogP contribution is -2.11. The smallest absolute Gasteiger partial charge is 0.137 e. The molecule has 2 rings (SSSR count). The van der Waals surface area contributed by atoms with Crippen LogP contribution in [0.25, 0.3) is 5.65 Å². The average Bonchev–Trinajstić information content (AvgIpc) is 2.59. The van der Waals surface area contributed by atoms with E-state index in [9.17, 15) is 0 Å². The molecular weight excluding hydrogens is 188 g/mol. The zero-order valence-corrected chi connectivity index (χ0v) is 9.61. The van der Waals surface area contributed by atoms with Gasteiger partial charge in [0, 0.05) is 11.6 Å². The van der Waals surface area contributed by atoms with E-state index >= 15 is 0 Å². The van der Waals surface area contributed by atoms with E-state index in [0.29, 0.717) is 0 Å². The first-order chi connectivity index (χ1) is 7.00. The summed E-state index contributed by atoms with van der Waals surface area (Å²) in [5, 5.41) is 0. The number of aromatic nitrogens is 2. The van der Waals surface area contributed by atoms with Gasteiger partial charge in [-0.05, 0) is 12.1 Å². The summed E-state index contributed by atoms with van der Waals surface area (Å²) in [6, 6.07) is 3.89. The van der Waals surface area contributed by atoms with Gasteiger partial charge in [0.15, 0.2) is 0 Å². The molecule has 0 radical (unpaired) electrons. The summed E-state index contributed by atoms with van der Waals surface area (Å²) in [6.07, 6.45) is 4.00. The first kappa shape index (κ1) is 10.0. The Morgan fingerprint density at radius 2 is 1.93 bits per heavy atom. The summed E-state index contributed by atoms with van der Waals surface area (Å²) in [5.41, 5.74) is 2.13. The Balaban J connectivity index is 2.56. The molecule has 0 saturated carbocycles. The number of hydrogen-bond donors (Lipinski definition) is 0. The fraction of sp³-hybridized carbons (Fsp3) is 0.417. The Bertz CT molecular complexity index is 480. The zero-order chi connectivity index (χ0) is 11.1. The highest BCUT2D eigenvalue weighted by Crippen LogP contribution is 2.22. The number of nitrogens with zero attached hydrogens (tertiary/aromatic N) is 2. The summed E-state index contributed by atoms with van der Waals surface area (Å²) < 4.78 is 7.17. The van der Waals surface area contributed by atoms with Crippen LogP contribution in [0.4, 0.5) is 0 Å². The minimum absolute atomic E-state index is 0.0826. The van der Waals surface area contributed by atoms with Crippen LogP contribution >= 0.6 is 0 Å². The lowest BCUT2D eigenvalue weighted by Gasteiger charge is -2.13. The number of fused-ring (bicyclic) bond motifs is 1. The third-order valence-corrected chi connectivity index (χ3v) is 2.43. The molecule has 0 unspecified atom stereocenters. The number of pyridine rings is 1. The summed E-state index contributed by atoms with van der Waals surface area (Å²) in [7, 11) is 1.67. The molecule has 2 aromatic rings. The molecule has 0 atom stereocenters. The van der Waals surface area contributed by atoms with Crippen LogP contribution in [-0.4, -0.2) is 16.5 Å². The van der Waals surface area contributed by atoms with Crippen molar-refractivity contribution in [1.82, 2.24) is 9.38 Å². The van der Waals surface area contributed by atoms with Gasteiger partial charge >= 0.3 is 0 Å². The molecule has 0 aliphatic carbocycles. The van der Waals surface area contributed by atoms with Crippen LogP contribution in [0.1, 0.15) is 26.5 Å². The standard InChI is InChI=1S/C12H16N2O/c1-12(2,3)10-8-14-7-9(15-4)5-6-11(14)13-10/h5-8H,1-4H3. The maximum atomic E-state index is 5.17. The SMILES string of the molecule is COc1ccc2nc(C(C)(C)C)cn2c1. The number of ether oxygens (including phenoxy) is 1. The highest BCUT2D eigenvalue weighted by atomic mass is 16.5. The van der Waals surface area contributed by atoms with Crippen LogP contribution in [0.2, 0.25) is 0 Å². The van der Waals surface area contributed by atoms with Crippen molar-refractivity contribution in [3.8, 4) is 5.75 Å². The van der Waals surface area contributed by atoms with Gasteiger partial charge in [-0.25, -0.2) is 4.98 Å². The molecule has 0 aliphatic rings.